The third-order valence-electron chi connectivity index (χ3n) is 12.0. The van der Waals surface area contributed by atoms with Crippen molar-refractivity contribution >= 4 is 65.2 Å². The second kappa shape index (κ2) is 13.4. The van der Waals surface area contributed by atoms with E-state index in [1.807, 2.05) is 12.1 Å². The van der Waals surface area contributed by atoms with Crippen molar-refractivity contribution in [2.75, 3.05) is 0 Å². The minimum absolute atomic E-state index is 0.860. The highest BCUT2D eigenvalue weighted by molar-refractivity contribution is 6.29. The zero-order valence-corrected chi connectivity index (χ0v) is 32.0. The molecule has 0 atom stereocenters. The van der Waals surface area contributed by atoms with Crippen LogP contribution in [0, 0.1) is 0 Å². The van der Waals surface area contributed by atoms with E-state index < -0.39 is 0 Å². The molecule has 2 heterocycles. The Morgan fingerprint density at radius 2 is 0.797 bits per heavy atom. The average molecular weight is 750 g/mol. The average Bonchev–Trinajstić information content (AvgIpc) is 3.66. The number of hydrogen-bond donors (Lipinski definition) is 0. The fraction of sp³-hybridized carbons (Fsp3) is 0. The molecule has 0 saturated carbocycles. The molecule has 3 nitrogen and oxygen atoms in total. The third-order valence-corrected chi connectivity index (χ3v) is 12.0. The Balaban J connectivity index is 1.07. The summed E-state index contributed by atoms with van der Waals surface area (Å²) in [6.45, 7) is 0. The molecule has 12 aromatic rings. The van der Waals surface area contributed by atoms with Gasteiger partial charge in [-0.15, -0.1) is 0 Å². The summed E-state index contributed by atoms with van der Waals surface area (Å²) >= 11 is 0. The van der Waals surface area contributed by atoms with Crippen molar-refractivity contribution in [2.45, 2.75) is 0 Å². The Hall–Kier alpha value is -7.88. The van der Waals surface area contributed by atoms with Crippen molar-refractivity contribution in [3.05, 3.63) is 212 Å². The molecule has 0 aliphatic heterocycles. The van der Waals surface area contributed by atoms with Crippen LogP contribution in [-0.2, 0) is 0 Å². The van der Waals surface area contributed by atoms with Gasteiger partial charge in [0, 0.05) is 27.3 Å². The van der Waals surface area contributed by atoms with Gasteiger partial charge in [0.05, 0.1) is 39.1 Å². The van der Waals surface area contributed by atoms with E-state index in [4.69, 9.17) is 9.97 Å². The fourth-order valence-corrected chi connectivity index (χ4v) is 9.22. The van der Waals surface area contributed by atoms with Crippen LogP contribution in [0.15, 0.2) is 212 Å². The lowest BCUT2D eigenvalue weighted by Crippen LogP contribution is -1.98. The van der Waals surface area contributed by atoms with Crippen LogP contribution in [0.5, 0.6) is 0 Å². The highest BCUT2D eigenvalue weighted by Gasteiger charge is 2.21. The van der Waals surface area contributed by atoms with Gasteiger partial charge in [0.15, 0.2) is 0 Å². The first kappa shape index (κ1) is 33.3. The van der Waals surface area contributed by atoms with Gasteiger partial charge >= 0.3 is 0 Å². The second-order valence-corrected chi connectivity index (χ2v) is 15.3. The second-order valence-electron chi connectivity index (χ2n) is 15.3. The molecule has 0 unspecified atom stereocenters. The van der Waals surface area contributed by atoms with Gasteiger partial charge in [0.1, 0.15) is 0 Å². The number of rotatable bonds is 5. The summed E-state index contributed by atoms with van der Waals surface area (Å²) in [6, 6.07) is 76.2. The van der Waals surface area contributed by atoms with Crippen molar-refractivity contribution in [1.82, 2.24) is 14.5 Å². The number of nitrogens with zero attached hydrogens (tertiary/aromatic N) is 3. The largest absolute Gasteiger partial charge is 0.309 e. The van der Waals surface area contributed by atoms with E-state index in [0.29, 0.717) is 0 Å². The molecule has 0 aliphatic carbocycles. The minimum Gasteiger partial charge on any atom is -0.309 e. The molecule has 10 aromatic carbocycles. The summed E-state index contributed by atoms with van der Waals surface area (Å²) in [6.07, 6.45) is 0. The first-order chi connectivity index (χ1) is 29.3. The van der Waals surface area contributed by atoms with Crippen LogP contribution in [0.1, 0.15) is 0 Å². The van der Waals surface area contributed by atoms with Gasteiger partial charge in [-0.2, -0.15) is 0 Å². The molecule has 2 aromatic heterocycles. The first-order valence-corrected chi connectivity index (χ1v) is 20.2. The van der Waals surface area contributed by atoms with Gasteiger partial charge in [-0.3, -0.25) is 0 Å². The lowest BCUT2D eigenvalue weighted by atomic mass is 9.95. The fourth-order valence-electron chi connectivity index (χ4n) is 9.22. The third kappa shape index (κ3) is 5.36. The predicted molar refractivity (Wildman–Crippen MR) is 248 cm³/mol. The maximum Gasteiger partial charge on any atom is 0.0979 e. The lowest BCUT2D eigenvalue weighted by Gasteiger charge is -2.16. The summed E-state index contributed by atoms with van der Waals surface area (Å²) in [5, 5.41) is 9.83. The van der Waals surface area contributed by atoms with Crippen molar-refractivity contribution < 1.29 is 0 Å². The number of hydrogen-bond acceptors (Lipinski definition) is 2. The number of fused-ring (bicyclic) bond motifs is 9. The van der Waals surface area contributed by atoms with Gasteiger partial charge in [0.25, 0.3) is 0 Å². The van der Waals surface area contributed by atoms with E-state index in [9.17, 15) is 0 Å². The van der Waals surface area contributed by atoms with E-state index in [-0.39, 0.29) is 0 Å². The van der Waals surface area contributed by atoms with E-state index in [1.165, 1.54) is 54.5 Å². The Morgan fingerprint density at radius 1 is 0.305 bits per heavy atom. The maximum absolute atomic E-state index is 5.41. The van der Waals surface area contributed by atoms with E-state index >= 15 is 0 Å². The van der Waals surface area contributed by atoms with Gasteiger partial charge in [-0.1, -0.05) is 176 Å². The summed E-state index contributed by atoms with van der Waals surface area (Å²) < 4.78 is 2.47. The molecule has 12 rings (SSSR count). The molecule has 0 amide bonds. The van der Waals surface area contributed by atoms with Crippen molar-refractivity contribution in [3.8, 4) is 50.5 Å². The molecule has 0 bridgehead atoms. The topological polar surface area (TPSA) is 30.7 Å². The van der Waals surface area contributed by atoms with Crippen LogP contribution in [-0.4, -0.2) is 14.5 Å². The lowest BCUT2D eigenvalue weighted by molar-refractivity contribution is 1.20. The molecule has 3 heteroatoms. The number of aromatic nitrogens is 3. The predicted octanol–water partition coefficient (Wildman–Crippen LogP) is 14.9. The zero-order valence-electron chi connectivity index (χ0n) is 32.0. The van der Waals surface area contributed by atoms with Gasteiger partial charge < -0.3 is 4.57 Å². The molecule has 0 saturated heterocycles. The quantitative estimate of drug-likeness (QED) is 0.175. The van der Waals surface area contributed by atoms with E-state index in [1.54, 1.807) is 0 Å². The molecule has 274 valence electrons. The minimum atomic E-state index is 0.860. The monoisotopic (exact) mass is 749 g/mol. The van der Waals surface area contributed by atoms with Crippen LogP contribution in [0.4, 0.5) is 0 Å². The van der Waals surface area contributed by atoms with Gasteiger partial charge in [-0.25, -0.2) is 9.97 Å². The van der Waals surface area contributed by atoms with Crippen LogP contribution in [0.2, 0.25) is 0 Å². The summed E-state index contributed by atoms with van der Waals surface area (Å²) in [7, 11) is 0. The molecular formula is C56H35N3. The maximum atomic E-state index is 5.41. The smallest absolute Gasteiger partial charge is 0.0979 e. The Kier molecular flexibility index (Phi) is 7.54. The zero-order chi connectivity index (χ0) is 38.9. The molecular weight excluding hydrogens is 715 g/mol. The molecule has 0 fully saturated rings. The highest BCUT2D eigenvalue weighted by Crippen LogP contribution is 2.43. The van der Waals surface area contributed by atoms with Crippen LogP contribution < -0.4 is 0 Å². The van der Waals surface area contributed by atoms with E-state index in [0.717, 1.165) is 61.1 Å². The SMILES string of the molecule is c1ccc(-c2ccc(-c3cccc(-c4nc5ccccc5nc4-c4cccc5c(-n6c7ccc8ccccc8c7c7c8ccccc8ccc76)cccc45)c3)cc2)cc1. The standard InChI is InChI=1S/C56H35N3/c1-2-13-36(14-3-1)37-27-29-38(30-28-37)41-17-10-18-42(35-41)55-56(58-49-25-9-8-24-48(49)57-55)47-23-11-22-46-45(47)21-12-26-50(46)59-51-33-31-39-15-4-6-19-43(39)53(51)54-44-20-7-5-16-40(44)32-34-52(54)59/h1-35H. The molecule has 0 N–H and O–H groups in total. The molecule has 59 heavy (non-hydrogen) atoms. The number of para-hydroxylation sites is 2. The summed E-state index contributed by atoms with van der Waals surface area (Å²) in [5.41, 5.74) is 13.7. The van der Waals surface area contributed by atoms with Crippen LogP contribution in [0.25, 0.3) is 116 Å². The first-order valence-electron chi connectivity index (χ1n) is 20.2. The highest BCUT2D eigenvalue weighted by atomic mass is 15.0. The normalized spacial score (nSPS) is 11.7. The van der Waals surface area contributed by atoms with Gasteiger partial charge in [0.2, 0.25) is 0 Å². The van der Waals surface area contributed by atoms with Gasteiger partial charge in [-0.05, 0) is 85.6 Å². The Bertz CT molecular complexity index is 3510. The van der Waals surface area contributed by atoms with Crippen LogP contribution >= 0.6 is 0 Å². The number of benzene rings is 10. The Labute approximate surface area is 341 Å². The van der Waals surface area contributed by atoms with Crippen molar-refractivity contribution in [1.29, 1.82) is 0 Å². The summed E-state index contributed by atoms with van der Waals surface area (Å²) in [4.78, 5) is 10.8. The molecule has 0 aliphatic rings. The van der Waals surface area contributed by atoms with Crippen LogP contribution in [0.3, 0.4) is 0 Å². The molecule has 0 radical (unpaired) electrons. The van der Waals surface area contributed by atoms with E-state index in [2.05, 4.69) is 205 Å². The Morgan fingerprint density at radius 3 is 1.49 bits per heavy atom. The van der Waals surface area contributed by atoms with Crippen molar-refractivity contribution in [3.63, 3.8) is 0 Å². The summed E-state index contributed by atoms with van der Waals surface area (Å²) in [5.74, 6) is 0. The van der Waals surface area contributed by atoms with Crippen molar-refractivity contribution in [2.24, 2.45) is 0 Å². The molecule has 0 spiro atoms.